The Morgan fingerprint density at radius 1 is 1.36 bits per heavy atom. The smallest absolute Gasteiger partial charge is 0.367 e. The number of fused-ring (bicyclic) bond motifs is 1. The molecule has 28 heavy (non-hydrogen) atoms. The van der Waals surface area contributed by atoms with E-state index in [9.17, 15) is 9.83 Å². The molecule has 0 bridgehead atoms. The van der Waals surface area contributed by atoms with Gasteiger partial charge in [0.15, 0.2) is 11.4 Å². The standard InChI is InChI=1S/C18H18N5O4P/c19-11-18(16-7-6-15-17(20)21-12-22-23(15)16)9-8-14(26-18)10-25-28(24)27-13-4-2-1-3-5-13/h1-7,12,14,28H,8-10H2,(H2,20,21,22). The van der Waals surface area contributed by atoms with Gasteiger partial charge in [-0.2, -0.15) is 10.4 Å². The second kappa shape index (κ2) is 7.60. The summed E-state index contributed by atoms with van der Waals surface area (Å²) in [4.78, 5) is 3.95. The topological polar surface area (TPSA) is 125 Å². The normalized spacial score (nSPS) is 22.8. The number of benzene rings is 1. The maximum atomic E-state index is 12.0. The minimum Gasteiger partial charge on any atom is -0.426 e. The summed E-state index contributed by atoms with van der Waals surface area (Å²) in [7, 11) is -2.72. The summed E-state index contributed by atoms with van der Waals surface area (Å²) in [5, 5.41) is 14.0. The first-order chi connectivity index (χ1) is 13.6. The number of nitrogens with zero attached hydrogens (tertiary/aromatic N) is 4. The molecule has 1 aromatic carbocycles. The van der Waals surface area contributed by atoms with Crippen LogP contribution < -0.4 is 10.3 Å². The van der Waals surface area contributed by atoms with Crippen molar-refractivity contribution in [3.05, 3.63) is 54.5 Å². The van der Waals surface area contributed by atoms with E-state index in [4.69, 9.17) is 19.5 Å². The van der Waals surface area contributed by atoms with E-state index in [1.54, 1.807) is 40.9 Å². The van der Waals surface area contributed by atoms with Gasteiger partial charge in [0.2, 0.25) is 0 Å². The summed E-state index contributed by atoms with van der Waals surface area (Å²) < 4.78 is 30.2. The largest absolute Gasteiger partial charge is 0.426 e. The summed E-state index contributed by atoms with van der Waals surface area (Å²) in [5.74, 6) is 0.797. The van der Waals surface area contributed by atoms with Crippen molar-refractivity contribution in [2.75, 3.05) is 12.3 Å². The lowest BCUT2D eigenvalue weighted by Crippen LogP contribution is -2.28. The number of rotatable bonds is 6. The number of hydrogen-bond acceptors (Lipinski definition) is 8. The summed E-state index contributed by atoms with van der Waals surface area (Å²) in [6.07, 6.45) is 1.97. The average Bonchev–Trinajstić information content (AvgIpc) is 3.33. The van der Waals surface area contributed by atoms with Crippen molar-refractivity contribution in [1.29, 1.82) is 5.26 Å². The Morgan fingerprint density at radius 3 is 2.96 bits per heavy atom. The molecule has 1 aliphatic rings. The number of anilines is 1. The molecule has 0 radical (unpaired) electrons. The minimum atomic E-state index is -2.72. The third kappa shape index (κ3) is 3.45. The van der Waals surface area contributed by atoms with Crippen molar-refractivity contribution in [3.63, 3.8) is 0 Å². The summed E-state index contributed by atoms with van der Waals surface area (Å²) in [5.41, 5.74) is 5.87. The maximum Gasteiger partial charge on any atom is 0.367 e. The van der Waals surface area contributed by atoms with Crippen LogP contribution in [0.2, 0.25) is 0 Å². The Balaban J connectivity index is 1.44. The highest BCUT2D eigenvalue weighted by atomic mass is 31.1. The Hall–Kier alpha value is -2.92. The first-order valence-electron chi connectivity index (χ1n) is 8.69. The molecule has 3 unspecified atom stereocenters. The number of nitriles is 1. The Kier molecular flexibility index (Phi) is 5.01. The van der Waals surface area contributed by atoms with Gasteiger partial charge in [-0.15, -0.1) is 0 Å². The summed E-state index contributed by atoms with van der Waals surface area (Å²) in [6.45, 7) is 0.0640. The number of hydrogen-bond donors (Lipinski definition) is 1. The van der Waals surface area contributed by atoms with Gasteiger partial charge in [0, 0.05) is 0 Å². The number of nitrogen functional groups attached to an aromatic ring is 1. The highest BCUT2D eigenvalue weighted by Gasteiger charge is 2.44. The van der Waals surface area contributed by atoms with Crippen LogP contribution >= 0.6 is 8.25 Å². The van der Waals surface area contributed by atoms with Crippen LogP contribution in [0.15, 0.2) is 48.8 Å². The van der Waals surface area contributed by atoms with Gasteiger partial charge in [0.25, 0.3) is 0 Å². The van der Waals surface area contributed by atoms with Crippen molar-refractivity contribution < 1.29 is 18.3 Å². The van der Waals surface area contributed by atoms with Crippen molar-refractivity contribution in [1.82, 2.24) is 14.6 Å². The molecule has 2 N–H and O–H groups in total. The lowest BCUT2D eigenvalue weighted by molar-refractivity contribution is -0.0280. The number of ether oxygens (including phenoxy) is 1. The van der Waals surface area contributed by atoms with Gasteiger partial charge in [0.05, 0.1) is 18.4 Å². The third-order valence-corrected chi connectivity index (χ3v) is 5.40. The zero-order chi connectivity index (χ0) is 19.6. The first-order valence-corrected chi connectivity index (χ1v) is 9.91. The first kappa shape index (κ1) is 18.4. The van der Waals surface area contributed by atoms with Gasteiger partial charge in [-0.25, -0.2) is 14.1 Å². The Morgan fingerprint density at radius 2 is 2.18 bits per heavy atom. The van der Waals surface area contributed by atoms with Gasteiger partial charge in [-0.1, -0.05) is 18.2 Å². The van der Waals surface area contributed by atoms with Crippen LogP contribution in [0, 0.1) is 11.3 Å². The fourth-order valence-electron chi connectivity index (χ4n) is 3.25. The molecule has 4 rings (SSSR count). The molecule has 1 aliphatic heterocycles. The van der Waals surface area contributed by atoms with Crippen LogP contribution in [-0.2, 0) is 19.4 Å². The lowest BCUT2D eigenvalue weighted by Gasteiger charge is -2.21. The van der Waals surface area contributed by atoms with Crippen molar-refractivity contribution in [2.24, 2.45) is 0 Å². The fourth-order valence-corrected chi connectivity index (χ4v) is 3.96. The fraction of sp³-hybridized carbons (Fsp3) is 0.278. The molecule has 9 nitrogen and oxygen atoms in total. The lowest BCUT2D eigenvalue weighted by atomic mass is 9.98. The molecule has 144 valence electrons. The zero-order valence-corrected chi connectivity index (χ0v) is 15.8. The SMILES string of the molecule is N#CC1(c2ccc3c(N)ncnn23)CCC(CO[PH](=O)Oc2ccccc2)O1. The van der Waals surface area contributed by atoms with Gasteiger partial charge in [-0.05, 0) is 37.1 Å². The summed E-state index contributed by atoms with van der Waals surface area (Å²) in [6, 6.07) is 14.6. The molecule has 0 spiro atoms. The number of nitrogens with two attached hydrogens (primary N) is 1. The zero-order valence-electron chi connectivity index (χ0n) is 14.8. The third-order valence-electron chi connectivity index (χ3n) is 4.59. The molecule has 2 aromatic heterocycles. The van der Waals surface area contributed by atoms with Gasteiger partial charge in [0.1, 0.15) is 23.7 Å². The van der Waals surface area contributed by atoms with Crippen LogP contribution in [-0.4, -0.2) is 27.3 Å². The predicted octanol–water partition coefficient (Wildman–Crippen LogP) is 2.69. The molecule has 0 amide bonds. The van der Waals surface area contributed by atoms with E-state index in [1.165, 1.54) is 6.33 Å². The minimum absolute atomic E-state index is 0.0640. The molecular weight excluding hydrogens is 381 g/mol. The Labute approximate surface area is 161 Å². The van der Waals surface area contributed by atoms with Gasteiger partial charge < -0.3 is 15.0 Å². The van der Waals surface area contributed by atoms with Gasteiger partial charge >= 0.3 is 8.25 Å². The van der Waals surface area contributed by atoms with E-state index in [-0.39, 0.29) is 6.61 Å². The highest BCUT2D eigenvalue weighted by Crippen LogP contribution is 2.40. The van der Waals surface area contributed by atoms with E-state index in [0.717, 1.165) is 0 Å². The highest BCUT2D eigenvalue weighted by molar-refractivity contribution is 7.33. The average molecular weight is 399 g/mol. The molecule has 10 heteroatoms. The van der Waals surface area contributed by atoms with E-state index in [1.807, 2.05) is 6.07 Å². The van der Waals surface area contributed by atoms with Crippen molar-refractivity contribution >= 4 is 19.6 Å². The molecular formula is C18H18N5O4P. The second-order valence-electron chi connectivity index (χ2n) is 6.35. The van der Waals surface area contributed by atoms with Crippen LogP contribution in [0.3, 0.4) is 0 Å². The molecule has 0 aliphatic carbocycles. The molecule has 3 atom stereocenters. The molecule has 1 fully saturated rings. The Bertz CT molecular complexity index is 1050. The predicted molar refractivity (Wildman–Crippen MR) is 101 cm³/mol. The quantitative estimate of drug-likeness (QED) is 0.627. The monoisotopic (exact) mass is 399 g/mol. The number of para-hydroxylation sites is 1. The van der Waals surface area contributed by atoms with E-state index >= 15 is 0 Å². The van der Waals surface area contributed by atoms with Crippen LogP contribution in [0.1, 0.15) is 18.5 Å². The molecule has 3 heterocycles. The maximum absolute atomic E-state index is 12.0. The molecule has 3 aromatic rings. The number of aromatic nitrogens is 3. The van der Waals surface area contributed by atoms with Gasteiger partial charge in [-0.3, -0.25) is 4.52 Å². The van der Waals surface area contributed by atoms with E-state index in [0.29, 0.717) is 35.6 Å². The van der Waals surface area contributed by atoms with Crippen LogP contribution in [0.4, 0.5) is 5.82 Å². The molecule has 0 saturated carbocycles. The van der Waals surface area contributed by atoms with Crippen molar-refractivity contribution in [3.8, 4) is 11.8 Å². The molecule has 1 saturated heterocycles. The van der Waals surface area contributed by atoms with Crippen molar-refractivity contribution in [2.45, 2.75) is 24.5 Å². The van der Waals surface area contributed by atoms with E-state index < -0.39 is 20.0 Å². The van der Waals surface area contributed by atoms with Crippen LogP contribution in [0.5, 0.6) is 5.75 Å². The van der Waals surface area contributed by atoms with Crippen LogP contribution in [0.25, 0.3) is 5.52 Å². The summed E-state index contributed by atoms with van der Waals surface area (Å²) >= 11 is 0. The van der Waals surface area contributed by atoms with E-state index in [2.05, 4.69) is 16.2 Å². The second-order valence-corrected chi connectivity index (χ2v) is 7.35.